The van der Waals surface area contributed by atoms with Crippen molar-refractivity contribution in [1.29, 1.82) is 0 Å². The fourth-order valence-corrected chi connectivity index (χ4v) is 5.59. The molecule has 3 aromatic rings. The third-order valence-corrected chi connectivity index (χ3v) is 7.65. The highest BCUT2D eigenvalue weighted by Crippen LogP contribution is 2.50. The van der Waals surface area contributed by atoms with Gasteiger partial charge in [-0.25, -0.2) is 4.98 Å². The summed E-state index contributed by atoms with van der Waals surface area (Å²) in [6, 6.07) is 10.1. The van der Waals surface area contributed by atoms with Crippen LogP contribution in [0.4, 0.5) is 5.69 Å². The van der Waals surface area contributed by atoms with E-state index in [1.54, 1.807) is 4.90 Å². The summed E-state index contributed by atoms with van der Waals surface area (Å²) in [6.45, 7) is 2.73. The quantitative estimate of drug-likeness (QED) is 0.369. The highest BCUT2D eigenvalue weighted by Gasteiger charge is 2.52. The first-order chi connectivity index (χ1) is 17.8. The summed E-state index contributed by atoms with van der Waals surface area (Å²) in [4.78, 5) is 28.5. The molecule has 0 saturated carbocycles. The van der Waals surface area contributed by atoms with Crippen molar-refractivity contribution in [2.45, 2.75) is 31.1 Å². The van der Waals surface area contributed by atoms with E-state index < -0.39 is 11.8 Å². The molecule has 2 aliphatic rings. The minimum Gasteiger partial charge on any atom is -0.478 e. The topological polar surface area (TPSA) is 91.3 Å². The van der Waals surface area contributed by atoms with Gasteiger partial charge in [0, 0.05) is 62.6 Å². The third-order valence-electron chi connectivity index (χ3n) is 7.65. The predicted molar refractivity (Wildman–Crippen MR) is 143 cm³/mol. The van der Waals surface area contributed by atoms with Gasteiger partial charge in [-0.2, -0.15) is 0 Å². The number of methoxy groups -OCH3 is 1. The van der Waals surface area contributed by atoms with Gasteiger partial charge in [0.25, 0.3) is 0 Å². The predicted octanol–water partition coefficient (Wildman–Crippen LogP) is 2.86. The molecule has 1 fully saturated rings. The lowest BCUT2D eigenvalue weighted by molar-refractivity contribution is -0.185. The first-order valence-electron chi connectivity index (χ1n) is 12.7. The summed E-state index contributed by atoms with van der Waals surface area (Å²) < 4.78 is 10.9. The van der Waals surface area contributed by atoms with Crippen molar-refractivity contribution < 1.29 is 19.4 Å². The maximum atomic E-state index is 13.6. The molecular weight excluding hydrogens is 470 g/mol. The summed E-state index contributed by atoms with van der Waals surface area (Å²) in [5, 5.41) is 11.1. The Kier molecular flexibility index (Phi) is 7.13. The molecule has 9 heteroatoms. The molecule has 1 N–H and O–H groups in total. The maximum Gasteiger partial charge on any atom is 0.237 e. The van der Waals surface area contributed by atoms with Crippen LogP contribution in [0.1, 0.15) is 24.8 Å². The van der Waals surface area contributed by atoms with Crippen molar-refractivity contribution in [3.05, 3.63) is 48.3 Å². The number of aromatic nitrogens is 2. The van der Waals surface area contributed by atoms with Crippen LogP contribution in [0, 0.1) is 0 Å². The molecule has 0 unspecified atom stereocenters. The van der Waals surface area contributed by atoms with E-state index in [0.29, 0.717) is 38.4 Å². The number of aliphatic hydroxyl groups excluding tert-OH is 1. The number of likely N-dealkylation sites (tertiary alicyclic amines) is 1. The van der Waals surface area contributed by atoms with Crippen molar-refractivity contribution in [2.24, 2.45) is 0 Å². The van der Waals surface area contributed by atoms with Gasteiger partial charge < -0.3 is 24.4 Å². The first-order valence-corrected chi connectivity index (χ1v) is 12.7. The van der Waals surface area contributed by atoms with E-state index >= 15 is 0 Å². The average Bonchev–Trinajstić information content (AvgIpc) is 3.13. The molecule has 2 aromatic heterocycles. The Labute approximate surface area is 217 Å². The van der Waals surface area contributed by atoms with Crippen molar-refractivity contribution in [3.8, 4) is 17.0 Å². The third kappa shape index (κ3) is 4.68. The summed E-state index contributed by atoms with van der Waals surface area (Å²) >= 11 is 0. The van der Waals surface area contributed by atoms with E-state index in [1.165, 1.54) is 7.11 Å². The lowest BCUT2D eigenvalue weighted by Gasteiger charge is -2.39. The number of anilines is 1. The van der Waals surface area contributed by atoms with Gasteiger partial charge in [-0.3, -0.25) is 14.7 Å². The monoisotopic (exact) mass is 505 g/mol. The second kappa shape index (κ2) is 10.3. The number of ether oxygens (including phenoxy) is 2. The zero-order chi connectivity index (χ0) is 26.2. The Morgan fingerprint density at radius 1 is 1.11 bits per heavy atom. The lowest BCUT2D eigenvalue weighted by Crippen LogP contribution is -2.51. The molecule has 4 heterocycles. The molecule has 1 spiro atoms. The van der Waals surface area contributed by atoms with Crippen LogP contribution < -0.4 is 9.64 Å². The molecule has 1 saturated heterocycles. The molecule has 5 rings (SSSR count). The van der Waals surface area contributed by atoms with Crippen LogP contribution in [0.5, 0.6) is 5.88 Å². The minimum absolute atomic E-state index is 0.0891. The lowest BCUT2D eigenvalue weighted by atomic mass is 9.72. The highest BCUT2D eigenvalue weighted by atomic mass is 16.6. The van der Waals surface area contributed by atoms with Gasteiger partial charge in [0.1, 0.15) is 0 Å². The second-order valence-corrected chi connectivity index (χ2v) is 10.2. The zero-order valence-electron chi connectivity index (χ0n) is 22.0. The summed E-state index contributed by atoms with van der Waals surface area (Å²) in [7, 11) is 7.40. The van der Waals surface area contributed by atoms with E-state index in [-0.39, 0.29) is 5.91 Å². The van der Waals surface area contributed by atoms with Crippen LogP contribution in [-0.2, 0) is 14.9 Å². The van der Waals surface area contributed by atoms with Gasteiger partial charge in [0.2, 0.25) is 18.2 Å². The SMILES string of the molecule is CO[C@H](O)N1CCC2(CC1)C(=O)N(C)c1cnc3ccc(-c4ccc(OCCCN(C)C)nc4)cc3c12. The number of hydrogen-bond acceptors (Lipinski definition) is 8. The number of benzene rings is 1. The summed E-state index contributed by atoms with van der Waals surface area (Å²) in [5.41, 5.74) is 4.10. The molecule has 196 valence electrons. The smallest absolute Gasteiger partial charge is 0.237 e. The van der Waals surface area contributed by atoms with E-state index in [4.69, 9.17) is 9.47 Å². The number of piperidine rings is 1. The van der Waals surface area contributed by atoms with Gasteiger partial charge in [0.15, 0.2) is 0 Å². The Morgan fingerprint density at radius 3 is 2.54 bits per heavy atom. The fraction of sp³-hybridized carbons (Fsp3) is 0.464. The van der Waals surface area contributed by atoms with Crippen molar-refractivity contribution in [3.63, 3.8) is 0 Å². The van der Waals surface area contributed by atoms with Crippen LogP contribution in [0.15, 0.2) is 42.7 Å². The Hall–Kier alpha value is -3.11. The van der Waals surface area contributed by atoms with E-state index in [0.717, 1.165) is 46.2 Å². The van der Waals surface area contributed by atoms with Gasteiger partial charge in [0.05, 0.1) is 29.4 Å². The normalized spacial score (nSPS) is 18.1. The summed E-state index contributed by atoms with van der Waals surface area (Å²) in [6.07, 6.45) is 4.83. The number of nitrogens with zero attached hydrogens (tertiary/aromatic N) is 5. The number of aliphatic hydroxyl groups is 1. The molecule has 0 aliphatic carbocycles. The Bertz CT molecular complexity index is 1270. The zero-order valence-corrected chi connectivity index (χ0v) is 22.0. The molecule has 0 bridgehead atoms. The second-order valence-electron chi connectivity index (χ2n) is 10.2. The fourth-order valence-electron chi connectivity index (χ4n) is 5.59. The number of hydrogen-bond donors (Lipinski definition) is 1. The molecular formula is C28H35N5O4. The van der Waals surface area contributed by atoms with Crippen LogP contribution in [0.3, 0.4) is 0 Å². The molecule has 0 radical (unpaired) electrons. The standard InChI is InChI=1S/C28H35N5O4/c1-31(2)12-5-15-37-24-9-7-20(17-30-24)19-6-8-22-21(16-19)25-23(18-29-22)32(3)26(34)28(25)10-13-33(14-11-28)27(35)36-4/h6-9,16-18,27,35H,5,10-15H2,1-4H3/t27-/m0/s1. The molecule has 1 atom stereocenters. The minimum atomic E-state index is -0.959. The largest absolute Gasteiger partial charge is 0.478 e. The van der Waals surface area contributed by atoms with Crippen LogP contribution in [0.25, 0.3) is 22.0 Å². The average molecular weight is 506 g/mol. The van der Waals surface area contributed by atoms with Crippen LogP contribution in [-0.4, -0.2) is 91.7 Å². The van der Waals surface area contributed by atoms with Gasteiger partial charge >= 0.3 is 0 Å². The first kappa shape index (κ1) is 25.5. The number of fused-ring (bicyclic) bond motifs is 4. The van der Waals surface area contributed by atoms with Gasteiger partial charge in [-0.1, -0.05) is 6.07 Å². The number of rotatable bonds is 8. The highest BCUT2D eigenvalue weighted by molar-refractivity contribution is 6.12. The Balaban J connectivity index is 1.45. The number of likely N-dealkylation sites (N-methyl/N-ethyl adjacent to an activating group) is 1. The molecule has 37 heavy (non-hydrogen) atoms. The Morgan fingerprint density at radius 2 is 1.86 bits per heavy atom. The summed E-state index contributed by atoms with van der Waals surface area (Å²) in [5.74, 6) is 0.702. The van der Waals surface area contributed by atoms with Gasteiger partial charge in [-0.15, -0.1) is 0 Å². The van der Waals surface area contributed by atoms with E-state index in [2.05, 4.69) is 20.9 Å². The number of amides is 1. The molecule has 1 amide bonds. The van der Waals surface area contributed by atoms with E-state index in [1.807, 2.05) is 62.7 Å². The van der Waals surface area contributed by atoms with Crippen LogP contribution >= 0.6 is 0 Å². The molecule has 1 aromatic carbocycles. The van der Waals surface area contributed by atoms with Gasteiger partial charge in [-0.05, 0) is 57.1 Å². The van der Waals surface area contributed by atoms with E-state index in [9.17, 15) is 9.90 Å². The number of pyridine rings is 2. The van der Waals surface area contributed by atoms with Crippen molar-refractivity contribution >= 4 is 22.5 Å². The molecule has 9 nitrogen and oxygen atoms in total. The van der Waals surface area contributed by atoms with Crippen molar-refractivity contribution in [2.75, 3.05) is 59.4 Å². The number of carbonyl (C=O) groups excluding carboxylic acids is 1. The van der Waals surface area contributed by atoms with Crippen molar-refractivity contribution in [1.82, 2.24) is 19.8 Å². The van der Waals surface area contributed by atoms with Crippen LogP contribution in [0.2, 0.25) is 0 Å². The maximum absolute atomic E-state index is 13.6. The molecule has 2 aliphatic heterocycles. The number of carbonyl (C=O) groups is 1.